The van der Waals surface area contributed by atoms with Gasteiger partial charge in [0.15, 0.2) is 5.84 Å². The number of amidine groups is 1. The maximum atomic E-state index is 12.6. The predicted molar refractivity (Wildman–Crippen MR) is 152 cm³/mol. The van der Waals surface area contributed by atoms with Crippen molar-refractivity contribution in [3.8, 4) is 0 Å². The van der Waals surface area contributed by atoms with Gasteiger partial charge in [-0.05, 0) is 56.3 Å². The fourth-order valence-corrected chi connectivity index (χ4v) is 4.89. The first-order valence-corrected chi connectivity index (χ1v) is 16.1. The number of hydrogen-bond donors (Lipinski definition) is 2. The average molecular weight is 650 g/mol. The van der Waals surface area contributed by atoms with Crippen LogP contribution in [0.25, 0.3) is 0 Å². The van der Waals surface area contributed by atoms with Crippen LogP contribution < -0.4 is 9.73 Å². The molecule has 2 aromatic carbocycles. The van der Waals surface area contributed by atoms with Crippen molar-refractivity contribution in [1.29, 1.82) is 5.41 Å². The number of aromatic nitrogens is 2. The van der Waals surface area contributed by atoms with E-state index in [2.05, 4.69) is 29.4 Å². The Bertz CT molecular complexity index is 1490. The van der Waals surface area contributed by atoms with Crippen LogP contribution >= 0.6 is 32.1 Å². The molecule has 1 aliphatic heterocycles. The Morgan fingerprint density at radius 2 is 1.76 bits per heavy atom. The quantitative estimate of drug-likeness (QED) is 0.132. The van der Waals surface area contributed by atoms with Crippen LogP contribution in [0.5, 0.6) is 0 Å². The molecule has 0 fully saturated rings. The van der Waals surface area contributed by atoms with Gasteiger partial charge in [0.25, 0.3) is 10.0 Å². The van der Waals surface area contributed by atoms with Crippen molar-refractivity contribution in [2.24, 2.45) is 14.7 Å². The van der Waals surface area contributed by atoms with Crippen molar-refractivity contribution in [1.82, 2.24) is 9.97 Å². The second-order valence-electron chi connectivity index (χ2n) is 7.29. The van der Waals surface area contributed by atoms with Crippen molar-refractivity contribution in [3.05, 3.63) is 82.4 Å². The third-order valence-electron chi connectivity index (χ3n) is 4.71. The SMILES string of the molecule is CC1=NN(c2ccccc2)C(=N)/C1=C(/[S-])SN=Nc1ccc(S(=O)(=O)Nc2nccc(C)n2)cc1.[Cl][Fe+][Cl]. The molecule has 2 N–H and O–H groups in total. The fraction of sp³-hybridized carbons (Fsp3) is 0.0909. The van der Waals surface area contributed by atoms with Gasteiger partial charge in [-0.1, -0.05) is 18.2 Å². The Balaban J connectivity index is 0.00000127. The molecule has 0 atom stereocenters. The molecule has 2 heterocycles. The van der Waals surface area contributed by atoms with Crippen molar-refractivity contribution >= 4 is 83.7 Å². The number of nitrogens with zero attached hydrogens (tertiary/aromatic N) is 6. The van der Waals surface area contributed by atoms with E-state index in [1.54, 1.807) is 19.9 Å². The number of halogens is 2. The molecule has 38 heavy (non-hydrogen) atoms. The van der Waals surface area contributed by atoms with Gasteiger partial charge in [0.1, 0.15) is 0 Å². The number of aryl methyl sites for hydroxylation is 1. The van der Waals surface area contributed by atoms with E-state index in [0.29, 0.717) is 26.9 Å². The standard InChI is InChI=1S/C22H20N8O2S3.2ClH.Fe/c1-14-12-13-24-22(25-14)28-35(31,32)18-10-8-16(9-11-18)26-29-34-21(33)19-15(2)27-30(20(19)23)17-6-4-3-5-7-17;;;/h3-13,23,33H,1-2H3,(H,24,25,28);2*1H;/q;;;+3/p-3/b21-19-,23-20?,29-26?;;;. The van der Waals surface area contributed by atoms with Gasteiger partial charge in [-0.15, -0.1) is 13.9 Å². The summed E-state index contributed by atoms with van der Waals surface area (Å²) in [5.74, 6) is 0.166. The molecule has 0 spiro atoms. The van der Waals surface area contributed by atoms with Crippen LogP contribution in [0.4, 0.5) is 17.3 Å². The maximum absolute atomic E-state index is 12.6. The van der Waals surface area contributed by atoms with Crippen LogP contribution in [-0.2, 0) is 35.8 Å². The zero-order valence-corrected chi connectivity index (χ0v) is 24.8. The number of rotatable bonds is 7. The minimum absolute atomic E-state index is 0.00156. The summed E-state index contributed by atoms with van der Waals surface area (Å²) in [7, 11) is 5.68. The van der Waals surface area contributed by atoms with Crippen LogP contribution in [0, 0.1) is 12.3 Å². The first kappa shape index (κ1) is 30.0. The summed E-state index contributed by atoms with van der Waals surface area (Å²) in [6.45, 7) is 3.52. The van der Waals surface area contributed by atoms with Crippen molar-refractivity contribution in [3.63, 3.8) is 0 Å². The molecule has 1 aliphatic rings. The van der Waals surface area contributed by atoms with Crippen LogP contribution in [0.15, 0.2) is 96.3 Å². The van der Waals surface area contributed by atoms with E-state index in [9.17, 15) is 8.42 Å². The summed E-state index contributed by atoms with van der Waals surface area (Å²) in [4.78, 5) is 7.99. The summed E-state index contributed by atoms with van der Waals surface area (Å²) in [6, 6.07) is 16.9. The predicted octanol–water partition coefficient (Wildman–Crippen LogP) is 6.33. The van der Waals surface area contributed by atoms with Gasteiger partial charge in [-0.25, -0.2) is 28.1 Å². The fourth-order valence-electron chi connectivity index (χ4n) is 3.05. The van der Waals surface area contributed by atoms with Crippen molar-refractivity contribution in [2.45, 2.75) is 18.7 Å². The second kappa shape index (κ2) is 14.0. The third-order valence-corrected chi connectivity index (χ3v) is 7.02. The number of hydrogen-bond acceptors (Lipinski definition) is 10. The Morgan fingerprint density at radius 1 is 1.11 bits per heavy atom. The summed E-state index contributed by atoms with van der Waals surface area (Å²) in [5.41, 5.74) is 2.97. The molecule has 0 amide bonds. The summed E-state index contributed by atoms with van der Waals surface area (Å²) in [6.07, 6.45) is 1.48. The van der Waals surface area contributed by atoms with E-state index < -0.39 is 10.0 Å². The van der Waals surface area contributed by atoms with Gasteiger partial charge in [0.05, 0.1) is 22.0 Å². The second-order valence-corrected chi connectivity index (χ2v) is 12.2. The topological polar surface area (TPSA) is 136 Å². The van der Waals surface area contributed by atoms with Gasteiger partial charge in [-0.2, -0.15) is 5.10 Å². The van der Waals surface area contributed by atoms with Crippen molar-refractivity contribution in [2.75, 3.05) is 9.73 Å². The zero-order valence-electron chi connectivity index (χ0n) is 19.7. The zero-order chi connectivity index (χ0) is 27.7. The van der Waals surface area contributed by atoms with Crippen LogP contribution in [0.1, 0.15) is 12.6 Å². The van der Waals surface area contributed by atoms with Gasteiger partial charge < -0.3 is 12.6 Å². The van der Waals surface area contributed by atoms with E-state index >= 15 is 0 Å². The molecule has 0 saturated carbocycles. The van der Waals surface area contributed by atoms with Gasteiger partial charge >= 0.3 is 33.3 Å². The first-order chi connectivity index (χ1) is 18.2. The van der Waals surface area contributed by atoms with Gasteiger partial charge in [0, 0.05) is 29.4 Å². The molecule has 1 aromatic heterocycles. The number of para-hydroxylation sites is 1. The molecular weight excluding hydrogens is 631 g/mol. The number of benzene rings is 2. The van der Waals surface area contributed by atoms with E-state index in [1.807, 2.05) is 30.3 Å². The van der Waals surface area contributed by atoms with E-state index in [-0.39, 0.29) is 29.8 Å². The molecule has 0 radical (unpaired) electrons. The Kier molecular flexibility index (Phi) is 11.0. The Hall–Kier alpha value is -2.58. The molecule has 16 heteroatoms. The van der Waals surface area contributed by atoms with E-state index in [4.69, 9.17) is 38.2 Å². The Labute approximate surface area is 244 Å². The molecule has 0 saturated heterocycles. The van der Waals surface area contributed by atoms with E-state index in [1.165, 1.54) is 35.5 Å². The summed E-state index contributed by atoms with van der Waals surface area (Å²) in [5, 5.41) is 18.5. The van der Waals surface area contributed by atoms with Crippen LogP contribution in [0.3, 0.4) is 0 Å². The molecule has 3 aromatic rings. The average Bonchev–Trinajstić information content (AvgIpc) is 3.19. The van der Waals surface area contributed by atoms with Crippen LogP contribution in [-0.4, -0.2) is 29.9 Å². The number of hydrazone groups is 1. The van der Waals surface area contributed by atoms with Crippen LogP contribution in [0.2, 0.25) is 0 Å². The molecule has 0 unspecified atom stereocenters. The van der Waals surface area contributed by atoms with Gasteiger partial charge in [-0.3, -0.25) is 5.41 Å². The van der Waals surface area contributed by atoms with E-state index in [0.717, 1.165) is 17.6 Å². The number of anilines is 2. The minimum atomic E-state index is -3.85. The Morgan fingerprint density at radius 3 is 2.39 bits per heavy atom. The third kappa shape index (κ3) is 7.96. The van der Waals surface area contributed by atoms with Crippen molar-refractivity contribution < 1.29 is 21.6 Å². The van der Waals surface area contributed by atoms with Gasteiger partial charge in [0.2, 0.25) is 5.95 Å². The molecule has 199 valence electrons. The molecular formula is C22H19Cl2FeN8O2S3. The number of nitrogens with one attached hydrogen (secondary N) is 2. The summed E-state index contributed by atoms with van der Waals surface area (Å²) >= 11 is 6.59. The molecule has 0 bridgehead atoms. The molecule has 0 aliphatic carbocycles. The summed E-state index contributed by atoms with van der Waals surface area (Å²) < 4.78 is 31.9. The monoisotopic (exact) mass is 649 g/mol. The normalized spacial score (nSPS) is 14.7. The first-order valence-electron chi connectivity index (χ1n) is 10.4. The molecule has 4 rings (SSSR count). The molecule has 10 nitrogen and oxygen atoms in total. The number of sulfonamides is 1.